The van der Waals surface area contributed by atoms with Crippen molar-refractivity contribution in [3.8, 4) is 0 Å². The normalized spacial score (nSPS) is 10.5. The molecule has 0 aromatic heterocycles. The molecule has 0 spiro atoms. The summed E-state index contributed by atoms with van der Waals surface area (Å²) >= 11 is 0. The zero-order chi connectivity index (χ0) is 15.6. The third-order valence-electron chi connectivity index (χ3n) is 3.04. The second-order valence-corrected chi connectivity index (χ2v) is 4.55. The first-order chi connectivity index (χ1) is 9.90. The molecule has 0 saturated heterocycles. The van der Waals surface area contributed by atoms with Crippen molar-refractivity contribution in [2.45, 2.75) is 6.54 Å². The molecule has 3 nitrogen and oxygen atoms in total. The number of carboxylic acids is 1. The molecule has 110 valence electrons. The number of anilines is 1. The van der Waals surface area contributed by atoms with Gasteiger partial charge in [0.05, 0.1) is 11.3 Å². The van der Waals surface area contributed by atoms with E-state index < -0.39 is 23.2 Å². The van der Waals surface area contributed by atoms with Gasteiger partial charge < -0.3 is 10.0 Å². The van der Waals surface area contributed by atoms with Crippen molar-refractivity contribution in [2.75, 3.05) is 11.9 Å². The van der Waals surface area contributed by atoms with E-state index in [-0.39, 0.29) is 18.0 Å². The zero-order valence-electron chi connectivity index (χ0n) is 11.1. The van der Waals surface area contributed by atoms with Crippen LogP contribution in [-0.2, 0) is 6.54 Å². The van der Waals surface area contributed by atoms with E-state index in [1.807, 2.05) is 0 Å². The van der Waals surface area contributed by atoms with Crippen LogP contribution in [0, 0.1) is 17.5 Å². The van der Waals surface area contributed by atoms with E-state index in [1.54, 1.807) is 0 Å². The van der Waals surface area contributed by atoms with Gasteiger partial charge in [-0.15, -0.1) is 0 Å². The van der Waals surface area contributed by atoms with Crippen molar-refractivity contribution in [3.63, 3.8) is 0 Å². The van der Waals surface area contributed by atoms with Crippen molar-refractivity contribution in [2.24, 2.45) is 0 Å². The molecule has 0 unspecified atom stereocenters. The Hall–Kier alpha value is -2.50. The molecule has 0 aliphatic heterocycles. The number of hydrogen-bond acceptors (Lipinski definition) is 2. The Bertz CT molecular complexity index is 671. The SMILES string of the molecule is CN(Cc1ccc(F)cc1)c1ccc(C(=O)O)c(F)c1F. The van der Waals surface area contributed by atoms with E-state index in [0.29, 0.717) is 5.56 Å². The minimum Gasteiger partial charge on any atom is -0.478 e. The molecule has 0 heterocycles. The highest BCUT2D eigenvalue weighted by Gasteiger charge is 2.19. The zero-order valence-corrected chi connectivity index (χ0v) is 11.1. The van der Waals surface area contributed by atoms with Gasteiger partial charge in [0.25, 0.3) is 0 Å². The van der Waals surface area contributed by atoms with Gasteiger partial charge in [0.1, 0.15) is 5.82 Å². The van der Waals surface area contributed by atoms with Crippen molar-refractivity contribution in [3.05, 3.63) is 65.0 Å². The number of halogens is 3. The van der Waals surface area contributed by atoms with E-state index in [0.717, 1.165) is 6.07 Å². The number of benzene rings is 2. The molecule has 0 atom stereocenters. The molecule has 2 rings (SSSR count). The monoisotopic (exact) mass is 295 g/mol. The molecular weight excluding hydrogens is 283 g/mol. The molecule has 0 aliphatic rings. The molecule has 2 aromatic carbocycles. The third-order valence-corrected chi connectivity index (χ3v) is 3.04. The highest BCUT2D eigenvalue weighted by atomic mass is 19.2. The topological polar surface area (TPSA) is 40.5 Å². The molecule has 21 heavy (non-hydrogen) atoms. The van der Waals surface area contributed by atoms with Crippen LogP contribution in [0.1, 0.15) is 15.9 Å². The molecule has 0 radical (unpaired) electrons. The second kappa shape index (κ2) is 5.87. The maximum absolute atomic E-state index is 13.9. The fraction of sp³-hybridized carbons (Fsp3) is 0.133. The number of carbonyl (C=O) groups is 1. The van der Waals surface area contributed by atoms with Crippen LogP contribution in [0.2, 0.25) is 0 Å². The summed E-state index contributed by atoms with van der Waals surface area (Å²) in [6.45, 7) is 0.225. The van der Waals surface area contributed by atoms with Gasteiger partial charge in [-0.25, -0.2) is 18.0 Å². The van der Waals surface area contributed by atoms with Crippen LogP contribution < -0.4 is 4.90 Å². The van der Waals surface area contributed by atoms with Gasteiger partial charge in [0, 0.05) is 13.6 Å². The Morgan fingerprint density at radius 2 is 1.67 bits per heavy atom. The predicted molar refractivity (Wildman–Crippen MR) is 71.8 cm³/mol. The van der Waals surface area contributed by atoms with Gasteiger partial charge in [-0.05, 0) is 29.8 Å². The lowest BCUT2D eigenvalue weighted by molar-refractivity contribution is 0.0690. The first-order valence-corrected chi connectivity index (χ1v) is 6.07. The minimum absolute atomic E-state index is 0.0678. The Kier molecular flexibility index (Phi) is 4.16. The smallest absolute Gasteiger partial charge is 0.338 e. The lowest BCUT2D eigenvalue weighted by atomic mass is 10.1. The third kappa shape index (κ3) is 3.16. The Morgan fingerprint density at radius 3 is 2.24 bits per heavy atom. The van der Waals surface area contributed by atoms with E-state index >= 15 is 0 Å². The van der Waals surface area contributed by atoms with Crippen LogP contribution in [0.25, 0.3) is 0 Å². The Labute approximate surface area is 119 Å². The second-order valence-electron chi connectivity index (χ2n) is 4.55. The van der Waals surface area contributed by atoms with Crippen LogP contribution in [0.3, 0.4) is 0 Å². The number of hydrogen-bond donors (Lipinski definition) is 1. The fourth-order valence-corrected chi connectivity index (χ4v) is 1.95. The maximum Gasteiger partial charge on any atom is 0.338 e. The van der Waals surface area contributed by atoms with Gasteiger partial charge in [0.2, 0.25) is 0 Å². The van der Waals surface area contributed by atoms with Crippen molar-refractivity contribution in [1.29, 1.82) is 0 Å². The molecule has 0 amide bonds. The van der Waals surface area contributed by atoms with Gasteiger partial charge >= 0.3 is 5.97 Å². The summed E-state index contributed by atoms with van der Waals surface area (Å²) < 4.78 is 40.3. The van der Waals surface area contributed by atoms with Crippen molar-refractivity contribution in [1.82, 2.24) is 0 Å². The van der Waals surface area contributed by atoms with Crippen LogP contribution in [-0.4, -0.2) is 18.1 Å². The molecule has 2 aromatic rings. The number of aromatic carboxylic acids is 1. The van der Waals surface area contributed by atoms with Crippen LogP contribution in [0.15, 0.2) is 36.4 Å². The predicted octanol–water partition coefficient (Wildman–Crippen LogP) is 3.44. The van der Waals surface area contributed by atoms with Crippen LogP contribution in [0.5, 0.6) is 0 Å². The number of rotatable bonds is 4. The lowest BCUT2D eigenvalue weighted by Crippen LogP contribution is -2.19. The van der Waals surface area contributed by atoms with Crippen molar-refractivity contribution < 1.29 is 23.1 Å². The van der Waals surface area contributed by atoms with Crippen LogP contribution >= 0.6 is 0 Å². The standard InChI is InChI=1S/C15H12F3NO2/c1-19(8-9-2-4-10(16)5-3-9)12-7-6-11(15(20)21)13(17)14(12)18/h2-7H,8H2,1H3,(H,20,21). The summed E-state index contributed by atoms with van der Waals surface area (Å²) in [7, 11) is 1.53. The first-order valence-electron chi connectivity index (χ1n) is 6.07. The van der Waals surface area contributed by atoms with Crippen molar-refractivity contribution >= 4 is 11.7 Å². The van der Waals surface area contributed by atoms with Gasteiger partial charge in [-0.1, -0.05) is 12.1 Å². The van der Waals surface area contributed by atoms with E-state index in [1.165, 1.54) is 42.3 Å². The molecule has 0 saturated carbocycles. The highest BCUT2D eigenvalue weighted by Crippen LogP contribution is 2.24. The van der Waals surface area contributed by atoms with E-state index in [9.17, 15) is 18.0 Å². The summed E-state index contributed by atoms with van der Waals surface area (Å²) in [4.78, 5) is 12.1. The van der Waals surface area contributed by atoms with Crippen LogP contribution in [0.4, 0.5) is 18.9 Å². The largest absolute Gasteiger partial charge is 0.478 e. The summed E-state index contributed by atoms with van der Waals surface area (Å²) in [6, 6.07) is 7.82. The minimum atomic E-state index is -1.53. The molecule has 1 N–H and O–H groups in total. The Balaban J connectivity index is 2.27. The summed E-state index contributed by atoms with van der Waals surface area (Å²) in [5, 5.41) is 8.73. The van der Waals surface area contributed by atoms with E-state index in [4.69, 9.17) is 5.11 Å². The average molecular weight is 295 g/mol. The molecule has 6 heteroatoms. The van der Waals surface area contributed by atoms with Gasteiger partial charge in [0.15, 0.2) is 11.6 Å². The molecule has 0 aliphatic carbocycles. The van der Waals surface area contributed by atoms with Gasteiger partial charge in [-0.3, -0.25) is 0 Å². The number of carboxylic acid groups (broad SMARTS) is 1. The molecule has 0 fully saturated rings. The first kappa shape index (κ1) is 14.9. The summed E-state index contributed by atoms with van der Waals surface area (Å²) in [6.07, 6.45) is 0. The maximum atomic E-state index is 13.9. The quantitative estimate of drug-likeness (QED) is 0.939. The average Bonchev–Trinajstić information content (AvgIpc) is 2.43. The fourth-order valence-electron chi connectivity index (χ4n) is 1.95. The molecule has 0 bridgehead atoms. The lowest BCUT2D eigenvalue weighted by Gasteiger charge is -2.20. The van der Waals surface area contributed by atoms with E-state index in [2.05, 4.69) is 0 Å². The summed E-state index contributed by atoms with van der Waals surface area (Å²) in [5.74, 6) is -4.53. The number of nitrogens with zero attached hydrogens (tertiary/aromatic N) is 1. The highest BCUT2D eigenvalue weighted by molar-refractivity contribution is 5.88. The summed E-state index contributed by atoms with van der Waals surface area (Å²) in [5.41, 5.74) is -0.0747. The van der Waals surface area contributed by atoms with Gasteiger partial charge in [-0.2, -0.15) is 0 Å². The molecular formula is C15H12F3NO2. The Morgan fingerprint density at radius 1 is 1.05 bits per heavy atom.